The molecule has 3 nitrogen and oxygen atoms in total. The molecule has 1 aliphatic heterocycles. The van der Waals surface area contributed by atoms with E-state index in [1.807, 2.05) is 0 Å². The molecule has 0 bridgehead atoms. The molecule has 0 saturated carbocycles. The van der Waals surface area contributed by atoms with E-state index in [1.165, 1.54) is 4.90 Å². The van der Waals surface area contributed by atoms with Gasteiger partial charge in [0.1, 0.15) is 5.76 Å². The predicted octanol–water partition coefficient (Wildman–Crippen LogP) is 2.08. The number of likely N-dealkylation sites (N-methyl/N-ethyl adjacent to an activating group) is 1. The number of rotatable bonds is 1. The molecule has 1 amide bonds. The van der Waals surface area contributed by atoms with Crippen LogP contribution >= 0.6 is 11.6 Å². The van der Waals surface area contributed by atoms with Crippen LogP contribution in [0.25, 0.3) is 5.57 Å². The highest BCUT2D eigenvalue weighted by Gasteiger charge is 2.28. The van der Waals surface area contributed by atoms with Gasteiger partial charge in [-0.05, 0) is 17.7 Å². The first-order chi connectivity index (χ1) is 7.09. The zero-order valence-electron chi connectivity index (χ0n) is 8.20. The molecule has 15 heavy (non-hydrogen) atoms. The van der Waals surface area contributed by atoms with Crippen molar-refractivity contribution in [1.82, 2.24) is 4.90 Å². The Hall–Kier alpha value is -1.48. The second-order valence-electron chi connectivity index (χ2n) is 3.49. The van der Waals surface area contributed by atoms with Crippen molar-refractivity contribution in [3.63, 3.8) is 0 Å². The molecule has 0 unspecified atom stereocenters. The minimum absolute atomic E-state index is 0.116. The van der Waals surface area contributed by atoms with Gasteiger partial charge in [0.05, 0.1) is 12.1 Å². The van der Waals surface area contributed by atoms with Crippen molar-refractivity contribution in [2.45, 2.75) is 0 Å². The van der Waals surface area contributed by atoms with Crippen LogP contribution in [0.4, 0.5) is 0 Å². The van der Waals surface area contributed by atoms with Gasteiger partial charge in [-0.25, -0.2) is 0 Å². The number of aliphatic hydroxyl groups excluding tert-OH is 1. The number of halogens is 1. The van der Waals surface area contributed by atoms with Crippen LogP contribution in [0.5, 0.6) is 0 Å². The van der Waals surface area contributed by atoms with Crippen molar-refractivity contribution in [2.75, 3.05) is 13.6 Å². The van der Waals surface area contributed by atoms with E-state index in [-0.39, 0.29) is 18.2 Å². The number of nitrogens with zero attached hydrogens (tertiary/aromatic N) is 1. The molecule has 0 fully saturated rings. The van der Waals surface area contributed by atoms with E-state index in [1.54, 1.807) is 31.3 Å². The highest BCUT2D eigenvalue weighted by molar-refractivity contribution is 6.30. The molecule has 0 spiro atoms. The molecular weight excluding hydrogens is 214 g/mol. The number of benzene rings is 1. The second kappa shape index (κ2) is 3.59. The quantitative estimate of drug-likeness (QED) is 0.792. The van der Waals surface area contributed by atoms with Crippen LogP contribution in [0, 0.1) is 0 Å². The van der Waals surface area contributed by atoms with E-state index in [4.69, 9.17) is 11.6 Å². The Morgan fingerprint density at radius 2 is 1.93 bits per heavy atom. The van der Waals surface area contributed by atoms with E-state index < -0.39 is 0 Å². The SMILES string of the molecule is CN1CC(O)=C(c2ccc(Cl)cc2)C1=O. The van der Waals surface area contributed by atoms with Gasteiger partial charge >= 0.3 is 0 Å². The van der Waals surface area contributed by atoms with Gasteiger partial charge in [-0.15, -0.1) is 0 Å². The first kappa shape index (κ1) is 10.1. The summed E-state index contributed by atoms with van der Waals surface area (Å²) in [6, 6.07) is 6.85. The summed E-state index contributed by atoms with van der Waals surface area (Å²) in [6.07, 6.45) is 0. The van der Waals surface area contributed by atoms with Crippen molar-refractivity contribution in [3.8, 4) is 0 Å². The summed E-state index contributed by atoms with van der Waals surface area (Å²) in [5.74, 6) is -0.0420. The molecule has 1 N–H and O–H groups in total. The minimum Gasteiger partial charge on any atom is -0.510 e. The lowest BCUT2D eigenvalue weighted by molar-refractivity contribution is -0.122. The van der Waals surface area contributed by atoms with Crippen LogP contribution in [-0.2, 0) is 4.79 Å². The molecule has 78 valence electrons. The van der Waals surface area contributed by atoms with E-state index in [2.05, 4.69) is 0 Å². The number of aliphatic hydroxyl groups is 1. The standard InChI is InChI=1S/C11H10ClNO2/c1-13-6-9(14)10(11(13)15)7-2-4-8(12)5-3-7/h2-5,14H,6H2,1H3. The third-order valence-electron chi connectivity index (χ3n) is 2.37. The summed E-state index contributed by atoms with van der Waals surface area (Å²) in [5, 5.41) is 10.2. The molecule has 0 aromatic heterocycles. The fraction of sp³-hybridized carbons (Fsp3) is 0.182. The van der Waals surface area contributed by atoms with Crippen LogP contribution in [0.1, 0.15) is 5.56 Å². The van der Waals surface area contributed by atoms with Gasteiger partial charge in [-0.1, -0.05) is 23.7 Å². The normalized spacial score (nSPS) is 16.4. The highest BCUT2D eigenvalue weighted by atomic mass is 35.5. The molecule has 0 saturated heterocycles. The maximum atomic E-state index is 11.7. The zero-order valence-corrected chi connectivity index (χ0v) is 8.95. The van der Waals surface area contributed by atoms with E-state index in [9.17, 15) is 9.90 Å². The summed E-state index contributed by atoms with van der Waals surface area (Å²) in [7, 11) is 1.65. The van der Waals surface area contributed by atoms with Crippen molar-refractivity contribution >= 4 is 23.1 Å². The zero-order chi connectivity index (χ0) is 11.0. The molecule has 1 aromatic rings. The number of amides is 1. The van der Waals surface area contributed by atoms with Crippen LogP contribution in [-0.4, -0.2) is 29.5 Å². The van der Waals surface area contributed by atoms with Crippen LogP contribution in [0.2, 0.25) is 5.02 Å². The third-order valence-corrected chi connectivity index (χ3v) is 2.62. The highest BCUT2D eigenvalue weighted by Crippen LogP contribution is 2.26. The molecule has 2 rings (SSSR count). The van der Waals surface area contributed by atoms with E-state index >= 15 is 0 Å². The number of carbonyl (C=O) groups excluding carboxylic acids is 1. The lowest BCUT2D eigenvalue weighted by atomic mass is 10.1. The van der Waals surface area contributed by atoms with Crippen molar-refractivity contribution < 1.29 is 9.90 Å². The summed E-state index contributed by atoms with van der Waals surface area (Å²) >= 11 is 5.75. The molecule has 4 heteroatoms. The Labute approximate surface area is 92.6 Å². The van der Waals surface area contributed by atoms with Gasteiger partial charge in [-0.2, -0.15) is 0 Å². The Morgan fingerprint density at radius 3 is 2.40 bits per heavy atom. The predicted molar refractivity (Wildman–Crippen MR) is 58.6 cm³/mol. The molecule has 1 aliphatic rings. The average Bonchev–Trinajstić information content (AvgIpc) is 2.44. The largest absolute Gasteiger partial charge is 0.510 e. The lowest BCUT2D eigenvalue weighted by Crippen LogP contribution is -2.21. The first-order valence-electron chi connectivity index (χ1n) is 4.53. The number of hydrogen-bond acceptors (Lipinski definition) is 2. The summed E-state index contributed by atoms with van der Waals surface area (Å²) in [5.41, 5.74) is 1.07. The van der Waals surface area contributed by atoms with Gasteiger partial charge in [0.2, 0.25) is 0 Å². The van der Waals surface area contributed by atoms with Crippen LogP contribution < -0.4 is 0 Å². The molecule has 0 atom stereocenters. The van der Waals surface area contributed by atoms with Gasteiger partial charge in [0, 0.05) is 12.1 Å². The second-order valence-corrected chi connectivity index (χ2v) is 3.93. The fourth-order valence-electron chi connectivity index (χ4n) is 1.60. The Morgan fingerprint density at radius 1 is 1.33 bits per heavy atom. The van der Waals surface area contributed by atoms with Crippen molar-refractivity contribution in [1.29, 1.82) is 0 Å². The average molecular weight is 224 g/mol. The van der Waals surface area contributed by atoms with Crippen LogP contribution in [0.15, 0.2) is 30.0 Å². The van der Waals surface area contributed by atoms with Crippen molar-refractivity contribution in [3.05, 3.63) is 40.6 Å². The van der Waals surface area contributed by atoms with Gasteiger partial charge in [0.15, 0.2) is 0 Å². The van der Waals surface area contributed by atoms with Gasteiger partial charge in [0.25, 0.3) is 5.91 Å². The van der Waals surface area contributed by atoms with E-state index in [0.29, 0.717) is 16.2 Å². The summed E-state index contributed by atoms with van der Waals surface area (Å²) < 4.78 is 0. The Kier molecular flexibility index (Phi) is 2.40. The summed E-state index contributed by atoms with van der Waals surface area (Å²) in [6.45, 7) is 0.275. The lowest BCUT2D eigenvalue weighted by Gasteiger charge is -2.07. The molecular formula is C11H10ClNO2. The molecule has 0 aliphatic carbocycles. The molecule has 0 radical (unpaired) electrons. The maximum absolute atomic E-state index is 11.7. The Balaban J connectivity index is 2.43. The number of hydrogen-bond donors (Lipinski definition) is 1. The number of carbonyl (C=O) groups is 1. The topological polar surface area (TPSA) is 40.5 Å². The van der Waals surface area contributed by atoms with E-state index in [0.717, 1.165) is 0 Å². The minimum atomic E-state index is -0.158. The van der Waals surface area contributed by atoms with Gasteiger partial charge in [-0.3, -0.25) is 4.79 Å². The van der Waals surface area contributed by atoms with Gasteiger partial charge < -0.3 is 10.0 Å². The maximum Gasteiger partial charge on any atom is 0.258 e. The molecule has 1 heterocycles. The van der Waals surface area contributed by atoms with Crippen LogP contribution in [0.3, 0.4) is 0 Å². The summed E-state index contributed by atoms with van der Waals surface area (Å²) in [4.78, 5) is 13.1. The Bertz CT molecular complexity index is 436. The molecule has 1 aromatic carbocycles. The third kappa shape index (κ3) is 1.70. The fourth-order valence-corrected chi connectivity index (χ4v) is 1.72. The monoisotopic (exact) mass is 223 g/mol. The van der Waals surface area contributed by atoms with Crippen molar-refractivity contribution in [2.24, 2.45) is 0 Å². The first-order valence-corrected chi connectivity index (χ1v) is 4.91. The smallest absolute Gasteiger partial charge is 0.258 e.